The average Bonchev–Trinajstić information content (AvgIpc) is 2.50. The molecule has 0 aromatic heterocycles. The van der Waals surface area contributed by atoms with Gasteiger partial charge in [-0.15, -0.1) is 0 Å². The van der Waals surface area contributed by atoms with Gasteiger partial charge in [-0.05, 0) is 31.7 Å². The van der Waals surface area contributed by atoms with Crippen LogP contribution in [0.5, 0.6) is 0 Å². The molecule has 2 N–H and O–H groups in total. The first-order valence-electron chi connectivity index (χ1n) is 5.84. The van der Waals surface area contributed by atoms with Crippen molar-refractivity contribution in [3.8, 4) is 0 Å². The molecule has 0 aromatic carbocycles. The van der Waals surface area contributed by atoms with E-state index in [1.54, 1.807) is 0 Å². The molecule has 0 bridgehead atoms. The van der Waals surface area contributed by atoms with Crippen molar-refractivity contribution in [1.29, 1.82) is 0 Å². The second kappa shape index (κ2) is 4.85. The van der Waals surface area contributed by atoms with Gasteiger partial charge in [-0.3, -0.25) is 0 Å². The molecule has 92 valence electrons. The zero-order chi connectivity index (χ0) is 11.6. The summed E-state index contributed by atoms with van der Waals surface area (Å²) in [6.45, 7) is 0.807. The highest BCUT2D eigenvalue weighted by molar-refractivity contribution is 7.91. The molecule has 2 rings (SSSR count). The van der Waals surface area contributed by atoms with Gasteiger partial charge >= 0.3 is 0 Å². The van der Waals surface area contributed by atoms with Crippen LogP contribution in [0.2, 0.25) is 0 Å². The lowest BCUT2D eigenvalue weighted by Crippen LogP contribution is -2.41. The second-order valence-electron chi connectivity index (χ2n) is 4.81. The second-order valence-corrected chi connectivity index (χ2v) is 6.96. The van der Waals surface area contributed by atoms with Crippen molar-refractivity contribution in [2.75, 3.05) is 18.1 Å². The Labute approximate surface area is 96.7 Å². The number of aliphatic hydroxyl groups excluding tert-OH is 1. The quantitative estimate of drug-likeness (QED) is 0.692. The first-order valence-corrected chi connectivity index (χ1v) is 7.66. The number of aliphatic hydroxyl groups is 1. The summed E-state index contributed by atoms with van der Waals surface area (Å²) in [5, 5.41) is 12.8. The lowest BCUT2D eigenvalue weighted by atomic mass is 9.94. The van der Waals surface area contributed by atoms with Crippen molar-refractivity contribution in [3.05, 3.63) is 12.2 Å². The topological polar surface area (TPSA) is 66.4 Å². The molecule has 3 atom stereocenters. The van der Waals surface area contributed by atoms with Crippen LogP contribution < -0.4 is 5.32 Å². The Morgan fingerprint density at radius 3 is 2.69 bits per heavy atom. The van der Waals surface area contributed by atoms with Crippen molar-refractivity contribution in [2.24, 2.45) is 5.92 Å². The Bertz CT molecular complexity index is 363. The van der Waals surface area contributed by atoms with Gasteiger partial charge in [-0.2, -0.15) is 0 Å². The van der Waals surface area contributed by atoms with Crippen LogP contribution in [0.4, 0.5) is 0 Å². The first-order chi connectivity index (χ1) is 7.57. The number of sulfone groups is 1. The minimum atomic E-state index is -3.02. The number of hydrogen-bond acceptors (Lipinski definition) is 4. The maximum atomic E-state index is 11.3. The van der Waals surface area contributed by atoms with Crippen molar-refractivity contribution in [3.63, 3.8) is 0 Å². The third kappa shape index (κ3) is 3.06. The fourth-order valence-electron chi connectivity index (χ4n) is 2.38. The molecule has 5 heteroatoms. The van der Waals surface area contributed by atoms with Crippen molar-refractivity contribution >= 4 is 9.84 Å². The fraction of sp³-hybridized carbons (Fsp3) is 0.818. The number of hydrogen-bond donors (Lipinski definition) is 2. The monoisotopic (exact) mass is 245 g/mol. The fourth-order valence-corrected chi connectivity index (χ4v) is 4.16. The Balaban J connectivity index is 1.80. The lowest BCUT2D eigenvalue weighted by molar-refractivity contribution is 0.162. The van der Waals surface area contributed by atoms with Crippen LogP contribution in [0.25, 0.3) is 0 Å². The molecular formula is C11H19NO3S. The summed E-state index contributed by atoms with van der Waals surface area (Å²) in [6.07, 6.45) is 6.95. The van der Waals surface area contributed by atoms with E-state index in [2.05, 4.69) is 17.5 Å². The molecule has 1 aliphatic carbocycles. The van der Waals surface area contributed by atoms with Gasteiger partial charge in [-0.1, -0.05) is 12.2 Å². The highest BCUT2D eigenvalue weighted by Crippen LogP contribution is 2.18. The van der Waals surface area contributed by atoms with Crippen LogP contribution in [0.1, 0.15) is 19.3 Å². The molecular weight excluding hydrogens is 226 g/mol. The van der Waals surface area contributed by atoms with E-state index < -0.39 is 15.9 Å². The van der Waals surface area contributed by atoms with E-state index in [0.717, 1.165) is 25.8 Å². The summed E-state index contributed by atoms with van der Waals surface area (Å²) in [7, 11) is -3.02. The molecule has 3 unspecified atom stereocenters. The van der Waals surface area contributed by atoms with Gasteiger partial charge in [0.15, 0.2) is 9.84 Å². The van der Waals surface area contributed by atoms with Crippen molar-refractivity contribution in [2.45, 2.75) is 31.4 Å². The summed E-state index contributed by atoms with van der Waals surface area (Å²) in [5.41, 5.74) is 0. The summed E-state index contributed by atoms with van der Waals surface area (Å²) in [6, 6.07) is -0.268. The van der Waals surface area contributed by atoms with E-state index in [4.69, 9.17) is 0 Å². The Kier molecular flexibility index (Phi) is 3.66. The SMILES string of the molecule is O=S1(=O)CC(O)C(NCC2CC=CCC2)C1. The maximum Gasteiger partial charge on any atom is 0.154 e. The van der Waals surface area contributed by atoms with Crippen LogP contribution in [0.3, 0.4) is 0 Å². The van der Waals surface area contributed by atoms with E-state index in [9.17, 15) is 13.5 Å². The van der Waals surface area contributed by atoms with Gasteiger partial charge < -0.3 is 10.4 Å². The zero-order valence-electron chi connectivity index (χ0n) is 9.30. The molecule has 0 spiro atoms. The predicted octanol–water partition coefficient (Wildman–Crippen LogP) is 0.0902. The molecule has 2 aliphatic rings. The first kappa shape index (κ1) is 12.1. The van der Waals surface area contributed by atoms with E-state index >= 15 is 0 Å². The summed E-state index contributed by atoms with van der Waals surface area (Å²) in [5.74, 6) is 0.576. The van der Waals surface area contributed by atoms with Crippen LogP contribution >= 0.6 is 0 Å². The van der Waals surface area contributed by atoms with Crippen LogP contribution in [-0.2, 0) is 9.84 Å². The summed E-state index contributed by atoms with van der Waals surface area (Å²) < 4.78 is 22.6. The van der Waals surface area contributed by atoms with Crippen molar-refractivity contribution < 1.29 is 13.5 Å². The maximum absolute atomic E-state index is 11.3. The number of nitrogens with one attached hydrogen (secondary N) is 1. The molecule has 0 amide bonds. The molecule has 1 aliphatic heterocycles. The Morgan fingerprint density at radius 2 is 2.12 bits per heavy atom. The Morgan fingerprint density at radius 1 is 1.31 bits per heavy atom. The van der Waals surface area contributed by atoms with Gasteiger partial charge in [0.2, 0.25) is 0 Å². The number of allylic oxidation sites excluding steroid dienone is 2. The molecule has 0 saturated carbocycles. The molecule has 16 heavy (non-hydrogen) atoms. The minimum absolute atomic E-state index is 0.0801. The van der Waals surface area contributed by atoms with Crippen LogP contribution in [-0.4, -0.2) is 43.7 Å². The predicted molar refractivity (Wildman–Crippen MR) is 62.9 cm³/mol. The number of rotatable bonds is 3. The minimum Gasteiger partial charge on any atom is -0.390 e. The van der Waals surface area contributed by atoms with E-state index in [-0.39, 0.29) is 17.5 Å². The molecule has 4 nitrogen and oxygen atoms in total. The third-order valence-corrected chi connectivity index (χ3v) is 5.09. The van der Waals surface area contributed by atoms with Crippen LogP contribution in [0.15, 0.2) is 12.2 Å². The standard InChI is InChI=1S/C11H19NO3S/c13-11-8-16(14,15)7-10(11)12-6-9-4-2-1-3-5-9/h1-2,9-13H,3-8H2. The van der Waals surface area contributed by atoms with Gasteiger partial charge in [-0.25, -0.2) is 8.42 Å². The molecule has 0 aromatic rings. The Hall–Kier alpha value is -0.390. The van der Waals surface area contributed by atoms with Gasteiger partial charge in [0.1, 0.15) is 0 Å². The molecule has 1 fully saturated rings. The highest BCUT2D eigenvalue weighted by Gasteiger charge is 2.36. The normalized spacial score (nSPS) is 37.7. The van der Waals surface area contributed by atoms with Crippen molar-refractivity contribution in [1.82, 2.24) is 5.32 Å². The zero-order valence-corrected chi connectivity index (χ0v) is 10.1. The highest BCUT2D eigenvalue weighted by atomic mass is 32.2. The van der Waals surface area contributed by atoms with Gasteiger partial charge in [0.05, 0.1) is 17.6 Å². The van der Waals surface area contributed by atoms with Gasteiger partial charge in [0.25, 0.3) is 0 Å². The smallest absolute Gasteiger partial charge is 0.154 e. The molecule has 1 saturated heterocycles. The van der Waals surface area contributed by atoms with Gasteiger partial charge in [0, 0.05) is 6.04 Å². The molecule has 0 radical (unpaired) electrons. The van der Waals surface area contributed by atoms with E-state index in [1.165, 1.54) is 0 Å². The average molecular weight is 245 g/mol. The van der Waals surface area contributed by atoms with Crippen LogP contribution in [0, 0.1) is 5.92 Å². The third-order valence-electron chi connectivity index (χ3n) is 3.37. The van der Waals surface area contributed by atoms with E-state index in [0.29, 0.717) is 5.92 Å². The summed E-state index contributed by atoms with van der Waals surface area (Å²) in [4.78, 5) is 0. The summed E-state index contributed by atoms with van der Waals surface area (Å²) >= 11 is 0. The van der Waals surface area contributed by atoms with E-state index in [1.807, 2.05) is 0 Å². The largest absolute Gasteiger partial charge is 0.390 e. The lowest BCUT2D eigenvalue weighted by Gasteiger charge is -2.22. The molecule has 1 heterocycles.